The first-order valence-corrected chi connectivity index (χ1v) is 32.7. The zero-order chi connectivity index (χ0) is 49.5. The van der Waals surface area contributed by atoms with Gasteiger partial charge in [0.15, 0.2) is 5.11 Å². The molecule has 67 heavy (non-hydrogen) atoms. The number of unbranched alkanes of at least 4 members (excludes halogenated alkanes) is 31. The molecule has 0 saturated carbocycles. The largest absolute Gasteiger partial charge is 0.363 e. The van der Waals surface area contributed by atoms with Crippen LogP contribution in [0.25, 0.3) is 0 Å². The lowest BCUT2D eigenvalue weighted by Gasteiger charge is -2.24. The molecule has 0 spiro atoms. The molecule has 0 aliphatic rings. The summed E-state index contributed by atoms with van der Waals surface area (Å²) in [5.41, 5.74) is 0. The summed E-state index contributed by atoms with van der Waals surface area (Å²) in [5, 5.41) is 4.13. The number of thiocarbonyl (C=S) groups is 1. The van der Waals surface area contributed by atoms with Gasteiger partial charge in [-0.3, -0.25) is 0 Å². The quantitative estimate of drug-likeness (QED) is 0.0476. The third-order valence-corrected chi connectivity index (χ3v) is 18.1. The molecule has 0 aromatic rings. The van der Waals surface area contributed by atoms with E-state index in [1.165, 1.54) is 128 Å². The average molecular weight is 1010 g/mol. The monoisotopic (exact) mass is 1010 g/mol. The Morgan fingerprint density at radius 3 is 0.866 bits per heavy atom. The first kappa shape index (κ1) is 66.5. The van der Waals surface area contributed by atoms with Crippen LogP contribution in [-0.2, 0) is 20.0 Å². The van der Waals surface area contributed by atoms with Crippen LogP contribution >= 0.6 is 12.2 Å². The molecule has 9 nitrogen and oxygen atoms in total. The van der Waals surface area contributed by atoms with Crippen molar-refractivity contribution < 1.29 is 16.8 Å². The Bertz CT molecular complexity index is 1200. The first-order chi connectivity index (χ1) is 32.4. The van der Waals surface area contributed by atoms with Gasteiger partial charge in [-0.2, -0.15) is 0 Å². The Balaban J connectivity index is 5.08. The van der Waals surface area contributed by atoms with Crippen LogP contribution in [0.2, 0.25) is 0 Å². The van der Waals surface area contributed by atoms with Crippen LogP contribution in [0.3, 0.4) is 0 Å². The lowest BCUT2D eigenvalue weighted by atomic mass is 10.1. The number of nitrogens with one attached hydrogen (secondary N) is 1. The third-order valence-electron chi connectivity index (χ3n) is 13.7. The van der Waals surface area contributed by atoms with Crippen molar-refractivity contribution >= 4 is 37.4 Å². The molecule has 0 heterocycles. The molecular weight excluding hydrogens is 891 g/mol. The molecule has 0 saturated heterocycles. The van der Waals surface area contributed by atoms with E-state index < -0.39 is 20.0 Å². The normalized spacial score (nSPS) is 12.3. The summed E-state index contributed by atoms with van der Waals surface area (Å²) >= 11 is 5.42. The second-order valence-corrected chi connectivity index (χ2v) is 25.0. The fourth-order valence-corrected chi connectivity index (χ4v) is 12.5. The van der Waals surface area contributed by atoms with Gasteiger partial charge in [-0.1, -0.05) is 207 Å². The van der Waals surface area contributed by atoms with E-state index >= 15 is 0 Å². The second-order valence-electron chi connectivity index (χ2n) is 20.4. The van der Waals surface area contributed by atoms with Gasteiger partial charge in [0.2, 0.25) is 20.0 Å². The Hall–Kier alpha value is -0.530. The Morgan fingerprint density at radius 1 is 0.343 bits per heavy atom. The van der Waals surface area contributed by atoms with Crippen LogP contribution in [0.4, 0.5) is 0 Å². The van der Waals surface area contributed by atoms with Gasteiger partial charge in [-0.15, -0.1) is 0 Å². The van der Waals surface area contributed by atoms with Gasteiger partial charge in [0.1, 0.15) is 0 Å². The van der Waals surface area contributed by atoms with E-state index in [-0.39, 0.29) is 11.5 Å². The van der Waals surface area contributed by atoms with Crippen molar-refractivity contribution in [1.82, 2.24) is 23.7 Å². The summed E-state index contributed by atoms with van der Waals surface area (Å²) in [6.07, 6.45) is 43.6. The van der Waals surface area contributed by atoms with Crippen LogP contribution in [0.15, 0.2) is 0 Å². The van der Waals surface area contributed by atoms with Gasteiger partial charge < -0.3 is 15.1 Å². The van der Waals surface area contributed by atoms with Crippen molar-refractivity contribution in [2.24, 2.45) is 0 Å². The Labute approximate surface area is 425 Å². The van der Waals surface area contributed by atoms with E-state index in [0.29, 0.717) is 26.2 Å². The van der Waals surface area contributed by atoms with Crippen LogP contribution in [0.5, 0.6) is 0 Å². The average Bonchev–Trinajstić information content (AvgIpc) is 3.30. The van der Waals surface area contributed by atoms with E-state index in [2.05, 4.69) is 37.9 Å². The molecule has 12 heteroatoms. The predicted molar refractivity (Wildman–Crippen MR) is 300 cm³/mol. The first-order valence-electron chi connectivity index (χ1n) is 29.1. The van der Waals surface area contributed by atoms with Gasteiger partial charge in [0, 0.05) is 46.8 Å². The smallest absolute Gasteiger partial charge is 0.214 e. The maximum absolute atomic E-state index is 13.7. The van der Waals surface area contributed by atoms with Crippen LogP contribution in [-0.4, -0.2) is 118 Å². The van der Waals surface area contributed by atoms with Crippen molar-refractivity contribution in [2.75, 3.05) is 78.0 Å². The number of nitrogens with zero attached hydrogens (tertiary/aromatic N) is 4. The SMILES string of the molecule is CCCCCCCCCCN(CCCCCCCC)S(=O)(=O)CCCCCCN(CCCCCCS(=O)(=O)N(CCCCCCCC)CCCCCCCCCC)CCCCNC(=S)N(C)C. The molecule has 0 fully saturated rings. The maximum Gasteiger partial charge on any atom is 0.214 e. The van der Waals surface area contributed by atoms with Crippen molar-refractivity contribution in [1.29, 1.82) is 0 Å². The van der Waals surface area contributed by atoms with Crippen molar-refractivity contribution in [3.05, 3.63) is 0 Å². The summed E-state index contributed by atoms with van der Waals surface area (Å²) in [6.45, 7) is 15.7. The highest BCUT2D eigenvalue weighted by molar-refractivity contribution is 7.89. The van der Waals surface area contributed by atoms with Gasteiger partial charge in [-0.05, 0) is 96.1 Å². The van der Waals surface area contributed by atoms with Crippen LogP contribution in [0.1, 0.15) is 272 Å². The lowest BCUT2D eigenvalue weighted by molar-refractivity contribution is 0.255. The minimum atomic E-state index is -3.25. The molecule has 0 amide bonds. The van der Waals surface area contributed by atoms with Gasteiger partial charge >= 0.3 is 0 Å². The zero-order valence-electron chi connectivity index (χ0n) is 45.6. The molecule has 0 aliphatic heterocycles. The fraction of sp³-hybridized carbons (Fsp3) is 0.982. The third kappa shape index (κ3) is 41.8. The molecule has 0 rings (SSSR count). The second kappa shape index (κ2) is 47.8. The highest BCUT2D eigenvalue weighted by Gasteiger charge is 2.22. The molecule has 0 radical (unpaired) electrons. The molecule has 0 aromatic carbocycles. The van der Waals surface area contributed by atoms with Crippen molar-refractivity contribution in [2.45, 2.75) is 272 Å². The van der Waals surface area contributed by atoms with E-state index in [1.54, 1.807) is 0 Å². The van der Waals surface area contributed by atoms with E-state index in [4.69, 9.17) is 12.2 Å². The Kier molecular flexibility index (Phi) is 47.4. The molecule has 0 aliphatic carbocycles. The van der Waals surface area contributed by atoms with Crippen LogP contribution in [0, 0.1) is 0 Å². The standard InChI is InChI=1S/C55H115N5O4S3/c1-7-11-15-19-23-25-29-40-51-59(49-38-27-21-17-13-9-3)66(61,62)53-43-33-31-36-46-58(48-42-35-45-56-55(65)57(5)6)47-37-32-34-44-54-67(63,64)60(50-39-28-22-18-14-10-4)52-41-30-26-24-20-16-12-8-2/h7-54H2,1-6H3,(H,56,65). The minimum absolute atomic E-state index is 0.275. The van der Waals surface area contributed by atoms with E-state index in [1.807, 2.05) is 27.6 Å². The molecule has 0 aromatic heterocycles. The Morgan fingerprint density at radius 2 is 0.582 bits per heavy atom. The van der Waals surface area contributed by atoms with Crippen molar-refractivity contribution in [3.8, 4) is 0 Å². The topological polar surface area (TPSA) is 93.3 Å². The van der Waals surface area contributed by atoms with Crippen LogP contribution < -0.4 is 5.32 Å². The highest BCUT2D eigenvalue weighted by Crippen LogP contribution is 2.17. The number of hydrogen-bond donors (Lipinski definition) is 1. The summed E-state index contributed by atoms with van der Waals surface area (Å²) in [4.78, 5) is 4.53. The summed E-state index contributed by atoms with van der Waals surface area (Å²) in [6, 6.07) is 0. The van der Waals surface area contributed by atoms with E-state index in [0.717, 1.165) is 147 Å². The molecule has 0 unspecified atom stereocenters. The number of hydrogen-bond acceptors (Lipinski definition) is 6. The molecule has 1 N–H and O–H groups in total. The minimum Gasteiger partial charge on any atom is -0.363 e. The van der Waals surface area contributed by atoms with Gasteiger partial charge in [0.25, 0.3) is 0 Å². The number of sulfonamides is 2. The van der Waals surface area contributed by atoms with Gasteiger partial charge in [0.05, 0.1) is 11.5 Å². The zero-order valence-corrected chi connectivity index (χ0v) is 48.0. The molecular formula is C55H115N5O4S3. The van der Waals surface area contributed by atoms with Crippen molar-refractivity contribution in [3.63, 3.8) is 0 Å². The number of rotatable bonds is 53. The summed E-state index contributed by atoms with van der Waals surface area (Å²) in [5.74, 6) is 0.550. The highest BCUT2D eigenvalue weighted by atomic mass is 32.2. The molecule has 0 atom stereocenters. The molecule has 0 bridgehead atoms. The lowest BCUT2D eigenvalue weighted by Crippen LogP contribution is -2.35. The maximum atomic E-state index is 13.7. The van der Waals surface area contributed by atoms with Gasteiger partial charge in [-0.25, -0.2) is 25.4 Å². The molecule has 402 valence electrons. The van der Waals surface area contributed by atoms with E-state index in [9.17, 15) is 16.8 Å². The summed E-state index contributed by atoms with van der Waals surface area (Å²) < 4.78 is 58.3. The summed E-state index contributed by atoms with van der Waals surface area (Å²) in [7, 11) is -2.55. The predicted octanol–water partition coefficient (Wildman–Crippen LogP) is 14.9. The fourth-order valence-electron chi connectivity index (χ4n) is 9.12.